The second-order valence-electron chi connectivity index (χ2n) is 2.55. The summed E-state index contributed by atoms with van der Waals surface area (Å²) in [5.74, 6) is -0.917. The van der Waals surface area contributed by atoms with Gasteiger partial charge in [0.2, 0.25) is 0 Å². The highest BCUT2D eigenvalue weighted by Crippen LogP contribution is 2.19. The van der Waals surface area contributed by atoms with E-state index in [1.165, 1.54) is 18.2 Å². The molecule has 0 aliphatic carbocycles. The monoisotopic (exact) mass is 327 g/mol. The van der Waals surface area contributed by atoms with E-state index in [0.29, 0.717) is 6.54 Å². The Labute approximate surface area is 100.0 Å². The van der Waals surface area contributed by atoms with E-state index in [4.69, 9.17) is 11.6 Å². The molecule has 0 saturated heterocycles. The molecule has 0 fully saturated rings. The molecule has 1 N–H and O–H groups in total. The predicted molar refractivity (Wildman–Crippen MR) is 62.6 cm³/mol. The lowest BCUT2D eigenvalue weighted by Gasteiger charge is -2.05. The molecule has 0 radical (unpaired) electrons. The number of rotatable bonds is 3. The minimum atomic E-state index is -0.575. The van der Waals surface area contributed by atoms with Gasteiger partial charge < -0.3 is 5.32 Å². The highest BCUT2D eigenvalue weighted by molar-refractivity contribution is 14.1. The van der Waals surface area contributed by atoms with Gasteiger partial charge in [-0.15, -0.1) is 0 Å². The summed E-state index contributed by atoms with van der Waals surface area (Å²) in [5, 5.41) is 2.49. The number of hydrogen-bond donors (Lipinski definition) is 1. The molecule has 1 rings (SSSR count). The SMILES string of the molecule is O=C(NCCI)c1cccc(F)c1Cl. The molecule has 14 heavy (non-hydrogen) atoms. The van der Waals surface area contributed by atoms with Gasteiger partial charge in [-0.1, -0.05) is 40.3 Å². The van der Waals surface area contributed by atoms with Gasteiger partial charge in [0, 0.05) is 11.0 Å². The van der Waals surface area contributed by atoms with Crippen LogP contribution in [0.3, 0.4) is 0 Å². The van der Waals surface area contributed by atoms with E-state index < -0.39 is 5.82 Å². The van der Waals surface area contributed by atoms with Gasteiger partial charge >= 0.3 is 0 Å². The van der Waals surface area contributed by atoms with Crippen LogP contribution in [0.5, 0.6) is 0 Å². The summed E-state index contributed by atoms with van der Waals surface area (Å²) < 4.78 is 13.8. The normalized spacial score (nSPS) is 9.93. The van der Waals surface area contributed by atoms with E-state index in [1.54, 1.807) is 0 Å². The van der Waals surface area contributed by atoms with E-state index in [2.05, 4.69) is 27.9 Å². The lowest BCUT2D eigenvalue weighted by Crippen LogP contribution is -2.25. The second kappa shape index (κ2) is 5.50. The Morgan fingerprint density at radius 2 is 2.29 bits per heavy atom. The average Bonchev–Trinajstić information content (AvgIpc) is 2.18. The first kappa shape index (κ1) is 11.7. The van der Waals surface area contributed by atoms with Crippen molar-refractivity contribution in [1.29, 1.82) is 0 Å². The molecule has 5 heteroatoms. The molecule has 1 amide bonds. The van der Waals surface area contributed by atoms with Crippen LogP contribution in [0.4, 0.5) is 4.39 Å². The van der Waals surface area contributed by atoms with Gasteiger partial charge in [-0.25, -0.2) is 4.39 Å². The Morgan fingerprint density at radius 3 is 2.93 bits per heavy atom. The molecule has 0 atom stereocenters. The third-order valence-corrected chi connectivity index (χ3v) is 2.50. The Morgan fingerprint density at radius 1 is 1.57 bits per heavy atom. The van der Waals surface area contributed by atoms with Gasteiger partial charge in [-0.05, 0) is 12.1 Å². The molecule has 1 aromatic rings. The smallest absolute Gasteiger partial charge is 0.252 e. The summed E-state index contributed by atoms with van der Waals surface area (Å²) in [7, 11) is 0. The van der Waals surface area contributed by atoms with Gasteiger partial charge in [0.05, 0.1) is 10.6 Å². The second-order valence-corrected chi connectivity index (χ2v) is 4.00. The zero-order chi connectivity index (χ0) is 10.6. The summed E-state index contributed by atoms with van der Waals surface area (Å²) in [4.78, 5) is 11.4. The first-order chi connectivity index (χ1) is 6.66. The molecule has 2 nitrogen and oxygen atoms in total. The molecule has 0 spiro atoms. The quantitative estimate of drug-likeness (QED) is 0.671. The lowest BCUT2D eigenvalue weighted by molar-refractivity contribution is 0.0956. The van der Waals surface area contributed by atoms with E-state index in [9.17, 15) is 9.18 Å². The van der Waals surface area contributed by atoms with Crippen LogP contribution in [0.1, 0.15) is 10.4 Å². The van der Waals surface area contributed by atoms with Gasteiger partial charge in [-0.3, -0.25) is 4.79 Å². The summed E-state index contributed by atoms with van der Waals surface area (Å²) >= 11 is 7.76. The average molecular weight is 328 g/mol. The van der Waals surface area contributed by atoms with Crippen LogP contribution < -0.4 is 5.32 Å². The van der Waals surface area contributed by atoms with Gasteiger partial charge in [-0.2, -0.15) is 0 Å². The number of amides is 1. The number of benzene rings is 1. The van der Waals surface area contributed by atoms with E-state index in [0.717, 1.165) is 4.43 Å². The Balaban J connectivity index is 2.84. The molecule has 0 unspecified atom stereocenters. The van der Waals surface area contributed by atoms with Crippen LogP contribution in [0, 0.1) is 5.82 Å². The Bertz CT molecular complexity index is 346. The van der Waals surface area contributed by atoms with Crippen molar-refractivity contribution in [2.45, 2.75) is 0 Å². The highest BCUT2D eigenvalue weighted by Gasteiger charge is 2.12. The molecule has 0 bridgehead atoms. The standard InChI is InChI=1S/C9H8ClFINO/c10-8-6(2-1-3-7(8)11)9(14)13-5-4-12/h1-3H,4-5H2,(H,13,14). The van der Waals surface area contributed by atoms with E-state index >= 15 is 0 Å². The molecule has 0 saturated carbocycles. The van der Waals surface area contributed by atoms with Crippen LogP contribution in [-0.4, -0.2) is 16.9 Å². The first-order valence-electron chi connectivity index (χ1n) is 3.95. The van der Waals surface area contributed by atoms with Gasteiger partial charge in [0.15, 0.2) is 0 Å². The van der Waals surface area contributed by atoms with Crippen molar-refractivity contribution in [1.82, 2.24) is 5.32 Å². The fourth-order valence-electron chi connectivity index (χ4n) is 0.935. The maximum absolute atomic E-state index is 12.9. The number of nitrogens with one attached hydrogen (secondary N) is 1. The topological polar surface area (TPSA) is 29.1 Å². The zero-order valence-electron chi connectivity index (χ0n) is 7.19. The summed E-state index contributed by atoms with van der Waals surface area (Å²) in [6.45, 7) is 0.548. The van der Waals surface area contributed by atoms with Crippen LogP contribution in [0.25, 0.3) is 0 Å². The van der Waals surface area contributed by atoms with Crippen molar-refractivity contribution in [2.24, 2.45) is 0 Å². The molecule has 0 aliphatic heterocycles. The largest absolute Gasteiger partial charge is 0.351 e. The number of carbonyl (C=O) groups is 1. The predicted octanol–water partition coefficient (Wildman–Crippen LogP) is 2.64. The van der Waals surface area contributed by atoms with Crippen molar-refractivity contribution < 1.29 is 9.18 Å². The number of hydrogen-bond acceptors (Lipinski definition) is 1. The van der Waals surface area contributed by atoms with E-state index in [-0.39, 0.29) is 16.5 Å². The molecular formula is C9H8ClFINO. The van der Waals surface area contributed by atoms with Crippen LogP contribution in [-0.2, 0) is 0 Å². The number of carbonyl (C=O) groups excluding carboxylic acids is 1. The molecule has 0 heterocycles. The Kier molecular flexibility index (Phi) is 4.60. The van der Waals surface area contributed by atoms with Crippen LogP contribution >= 0.6 is 34.2 Å². The summed E-state index contributed by atoms with van der Waals surface area (Å²) in [5.41, 5.74) is 0.177. The zero-order valence-corrected chi connectivity index (χ0v) is 10.1. The highest BCUT2D eigenvalue weighted by atomic mass is 127. The van der Waals surface area contributed by atoms with Crippen molar-refractivity contribution in [3.8, 4) is 0 Å². The molecule has 0 aliphatic rings. The van der Waals surface area contributed by atoms with Crippen LogP contribution in [0.15, 0.2) is 18.2 Å². The van der Waals surface area contributed by atoms with E-state index in [1.807, 2.05) is 0 Å². The molecule has 0 aromatic heterocycles. The summed E-state index contributed by atoms with van der Waals surface area (Å²) in [6, 6.07) is 4.17. The summed E-state index contributed by atoms with van der Waals surface area (Å²) in [6.07, 6.45) is 0. The first-order valence-corrected chi connectivity index (χ1v) is 5.85. The van der Waals surface area contributed by atoms with Crippen molar-refractivity contribution in [2.75, 3.05) is 11.0 Å². The molecule has 1 aromatic carbocycles. The number of halogens is 3. The van der Waals surface area contributed by atoms with Crippen molar-refractivity contribution in [3.63, 3.8) is 0 Å². The fourth-order valence-corrected chi connectivity index (χ4v) is 1.42. The van der Waals surface area contributed by atoms with Crippen molar-refractivity contribution >= 4 is 40.1 Å². The van der Waals surface area contributed by atoms with Crippen molar-refractivity contribution in [3.05, 3.63) is 34.6 Å². The number of alkyl halides is 1. The lowest BCUT2D eigenvalue weighted by atomic mass is 10.2. The Hall–Kier alpha value is -0.360. The minimum Gasteiger partial charge on any atom is -0.351 e. The fraction of sp³-hybridized carbons (Fsp3) is 0.222. The maximum Gasteiger partial charge on any atom is 0.252 e. The minimum absolute atomic E-state index is 0.126. The van der Waals surface area contributed by atoms with Gasteiger partial charge in [0.1, 0.15) is 5.82 Å². The molecule has 76 valence electrons. The van der Waals surface area contributed by atoms with Crippen LogP contribution in [0.2, 0.25) is 5.02 Å². The van der Waals surface area contributed by atoms with Gasteiger partial charge in [0.25, 0.3) is 5.91 Å². The third kappa shape index (κ3) is 2.81. The molecular weight excluding hydrogens is 319 g/mol. The maximum atomic E-state index is 12.9. The third-order valence-electron chi connectivity index (χ3n) is 1.58.